The minimum atomic E-state index is 0.448. The van der Waals surface area contributed by atoms with E-state index in [4.69, 9.17) is 5.73 Å². The van der Waals surface area contributed by atoms with Crippen LogP contribution in [0.15, 0.2) is 42.5 Å². The average Bonchev–Trinajstić information content (AvgIpc) is 2.43. The van der Waals surface area contributed by atoms with Crippen LogP contribution in [0.4, 0.5) is 0 Å². The van der Waals surface area contributed by atoms with Crippen LogP contribution in [0.5, 0.6) is 0 Å². The van der Waals surface area contributed by atoms with E-state index >= 15 is 0 Å². The molecule has 0 aliphatic carbocycles. The Balaban J connectivity index is 2.29. The Morgan fingerprint density at radius 1 is 0.850 bits per heavy atom. The third-order valence-corrected chi connectivity index (χ3v) is 4.24. The van der Waals surface area contributed by atoms with Crippen molar-refractivity contribution in [2.24, 2.45) is 11.7 Å². The Kier molecular flexibility index (Phi) is 4.61. The van der Waals surface area contributed by atoms with Gasteiger partial charge in [-0.1, -0.05) is 56.3 Å². The molecular weight excluding hydrogens is 242 g/mol. The van der Waals surface area contributed by atoms with Gasteiger partial charge in [0.2, 0.25) is 0 Å². The maximum atomic E-state index is 5.89. The lowest BCUT2D eigenvalue weighted by atomic mass is 9.87. The summed E-state index contributed by atoms with van der Waals surface area (Å²) in [4.78, 5) is 0. The van der Waals surface area contributed by atoms with Crippen LogP contribution in [-0.2, 0) is 0 Å². The van der Waals surface area contributed by atoms with Gasteiger partial charge in [-0.25, -0.2) is 0 Å². The Hall–Kier alpha value is -1.60. The van der Waals surface area contributed by atoms with Crippen LogP contribution in [0.3, 0.4) is 0 Å². The van der Waals surface area contributed by atoms with E-state index in [1.165, 1.54) is 27.8 Å². The first-order valence-electron chi connectivity index (χ1n) is 7.40. The van der Waals surface area contributed by atoms with Gasteiger partial charge in [0.1, 0.15) is 0 Å². The number of rotatable bonds is 4. The molecule has 2 aromatic carbocycles. The number of hydrogen-bond acceptors (Lipinski definition) is 1. The molecule has 106 valence electrons. The summed E-state index contributed by atoms with van der Waals surface area (Å²) < 4.78 is 0. The van der Waals surface area contributed by atoms with Gasteiger partial charge in [0.15, 0.2) is 0 Å². The fourth-order valence-electron chi connectivity index (χ4n) is 2.64. The summed E-state index contributed by atoms with van der Waals surface area (Å²) >= 11 is 0. The van der Waals surface area contributed by atoms with Crippen LogP contribution in [0.1, 0.15) is 36.5 Å². The summed E-state index contributed by atoms with van der Waals surface area (Å²) in [7, 11) is 0. The van der Waals surface area contributed by atoms with Gasteiger partial charge in [-0.2, -0.15) is 0 Å². The van der Waals surface area contributed by atoms with E-state index in [-0.39, 0.29) is 0 Å². The molecule has 0 spiro atoms. The maximum absolute atomic E-state index is 5.89. The Labute approximate surface area is 122 Å². The van der Waals surface area contributed by atoms with Gasteiger partial charge in [-0.05, 0) is 60.0 Å². The van der Waals surface area contributed by atoms with Crippen molar-refractivity contribution in [3.05, 3.63) is 59.2 Å². The number of nitrogens with two attached hydrogens (primary N) is 1. The first-order valence-corrected chi connectivity index (χ1v) is 7.40. The highest BCUT2D eigenvalue weighted by Crippen LogP contribution is 2.27. The summed E-state index contributed by atoms with van der Waals surface area (Å²) in [6.45, 7) is 9.48. The average molecular weight is 267 g/mol. The molecule has 0 fully saturated rings. The predicted octanol–water partition coefficient (Wildman–Crippen LogP) is 4.67. The number of benzene rings is 2. The van der Waals surface area contributed by atoms with Crippen molar-refractivity contribution < 1.29 is 0 Å². The van der Waals surface area contributed by atoms with E-state index < -0.39 is 0 Å². The summed E-state index contributed by atoms with van der Waals surface area (Å²) in [6, 6.07) is 15.5. The lowest BCUT2D eigenvalue weighted by Crippen LogP contribution is -2.17. The largest absolute Gasteiger partial charge is 0.330 e. The quantitative estimate of drug-likeness (QED) is 0.856. The van der Waals surface area contributed by atoms with Gasteiger partial charge in [-0.15, -0.1) is 0 Å². The monoisotopic (exact) mass is 267 g/mol. The predicted molar refractivity (Wildman–Crippen MR) is 88.0 cm³/mol. The molecule has 0 aliphatic rings. The first kappa shape index (κ1) is 14.8. The zero-order chi connectivity index (χ0) is 14.7. The molecule has 2 rings (SSSR count). The molecule has 0 saturated carbocycles. The number of aryl methyl sites for hydroxylation is 2. The second kappa shape index (κ2) is 6.23. The van der Waals surface area contributed by atoms with Gasteiger partial charge >= 0.3 is 0 Å². The zero-order valence-corrected chi connectivity index (χ0v) is 13.0. The fraction of sp³-hybridized carbons (Fsp3) is 0.368. The molecule has 0 aliphatic heterocycles. The summed E-state index contributed by atoms with van der Waals surface area (Å²) in [5.74, 6) is 1.02. The minimum Gasteiger partial charge on any atom is -0.330 e. The molecule has 2 N–H and O–H groups in total. The molecule has 0 radical (unpaired) electrons. The van der Waals surface area contributed by atoms with Crippen LogP contribution >= 0.6 is 0 Å². The van der Waals surface area contributed by atoms with Crippen LogP contribution in [0, 0.1) is 19.8 Å². The van der Waals surface area contributed by atoms with Crippen molar-refractivity contribution in [2.75, 3.05) is 6.54 Å². The molecule has 1 heteroatoms. The van der Waals surface area contributed by atoms with Crippen molar-refractivity contribution in [3.8, 4) is 11.1 Å². The Morgan fingerprint density at radius 3 is 1.95 bits per heavy atom. The van der Waals surface area contributed by atoms with E-state index in [2.05, 4.69) is 70.2 Å². The van der Waals surface area contributed by atoms with Crippen molar-refractivity contribution in [1.29, 1.82) is 0 Å². The highest BCUT2D eigenvalue weighted by molar-refractivity contribution is 5.65. The molecule has 1 atom stereocenters. The molecule has 0 amide bonds. The van der Waals surface area contributed by atoms with Gasteiger partial charge < -0.3 is 5.73 Å². The van der Waals surface area contributed by atoms with Crippen molar-refractivity contribution >= 4 is 0 Å². The van der Waals surface area contributed by atoms with E-state index in [1.807, 2.05) is 0 Å². The molecular formula is C19H25N. The molecule has 0 bridgehead atoms. The molecule has 20 heavy (non-hydrogen) atoms. The standard InChI is InChI=1S/C19H25N/c1-13(2)19(12-20)17-9-7-16(8-10-17)18-6-5-14(3)15(4)11-18/h5-11,13,19H,12,20H2,1-4H3. The molecule has 1 nitrogen and oxygen atoms in total. The molecule has 1 unspecified atom stereocenters. The van der Waals surface area contributed by atoms with Gasteiger partial charge in [-0.3, -0.25) is 0 Å². The molecule has 2 aromatic rings. The van der Waals surface area contributed by atoms with E-state index in [0.717, 1.165) is 0 Å². The van der Waals surface area contributed by atoms with E-state index in [9.17, 15) is 0 Å². The van der Waals surface area contributed by atoms with Crippen LogP contribution < -0.4 is 5.73 Å². The normalized spacial score (nSPS) is 12.7. The lowest BCUT2D eigenvalue weighted by Gasteiger charge is -2.19. The summed E-state index contributed by atoms with van der Waals surface area (Å²) in [5, 5.41) is 0. The summed E-state index contributed by atoms with van der Waals surface area (Å²) in [6.07, 6.45) is 0. The SMILES string of the molecule is Cc1ccc(-c2ccc(C(CN)C(C)C)cc2)cc1C. The fourth-order valence-corrected chi connectivity index (χ4v) is 2.64. The highest BCUT2D eigenvalue weighted by Gasteiger charge is 2.13. The highest BCUT2D eigenvalue weighted by atomic mass is 14.6. The van der Waals surface area contributed by atoms with E-state index in [0.29, 0.717) is 18.4 Å². The second-order valence-electron chi connectivity index (χ2n) is 6.01. The lowest BCUT2D eigenvalue weighted by molar-refractivity contribution is 0.506. The molecule has 0 saturated heterocycles. The first-order chi connectivity index (χ1) is 9.52. The second-order valence-corrected chi connectivity index (χ2v) is 6.01. The van der Waals surface area contributed by atoms with Crippen LogP contribution in [0.25, 0.3) is 11.1 Å². The maximum Gasteiger partial charge on any atom is -0.000577 e. The van der Waals surface area contributed by atoms with Gasteiger partial charge in [0, 0.05) is 0 Å². The van der Waals surface area contributed by atoms with Crippen LogP contribution in [-0.4, -0.2) is 6.54 Å². The molecule has 0 aromatic heterocycles. The van der Waals surface area contributed by atoms with Crippen molar-refractivity contribution in [1.82, 2.24) is 0 Å². The van der Waals surface area contributed by atoms with Crippen molar-refractivity contribution in [3.63, 3.8) is 0 Å². The Bertz CT molecular complexity index is 567. The minimum absolute atomic E-state index is 0.448. The topological polar surface area (TPSA) is 26.0 Å². The Morgan fingerprint density at radius 2 is 1.45 bits per heavy atom. The third-order valence-electron chi connectivity index (χ3n) is 4.24. The number of hydrogen-bond donors (Lipinski definition) is 1. The smallest absolute Gasteiger partial charge is 0.000577 e. The van der Waals surface area contributed by atoms with E-state index in [1.54, 1.807) is 0 Å². The summed E-state index contributed by atoms with van der Waals surface area (Å²) in [5.41, 5.74) is 12.5. The van der Waals surface area contributed by atoms with Gasteiger partial charge in [0.25, 0.3) is 0 Å². The van der Waals surface area contributed by atoms with Crippen LogP contribution in [0.2, 0.25) is 0 Å². The van der Waals surface area contributed by atoms with Crippen molar-refractivity contribution in [2.45, 2.75) is 33.6 Å². The third kappa shape index (κ3) is 3.10. The molecule has 0 heterocycles. The zero-order valence-electron chi connectivity index (χ0n) is 13.0. The van der Waals surface area contributed by atoms with Gasteiger partial charge in [0.05, 0.1) is 0 Å².